The van der Waals surface area contributed by atoms with Crippen molar-refractivity contribution in [2.24, 2.45) is 21.9 Å². The molecule has 0 aliphatic rings. The van der Waals surface area contributed by atoms with Crippen molar-refractivity contribution in [3.63, 3.8) is 0 Å². The van der Waals surface area contributed by atoms with Crippen LogP contribution in [0.2, 0.25) is 0 Å². The summed E-state index contributed by atoms with van der Waals surface area (Å²) >= 11 is 0. The summed E-state index contributed by atoms with van der Waals surface area (Å²) in [5.74, 6) is 4.99. The normalized spacial score (nSPS) is 11.1. The fourth-order valence-corrected chi connectivity index (χ4v) is 2.66. The maximum Gasteiger partial charge on any atom is 0.217 e. The maximum atomic E-state index is 10.6. The highest BCUT2D eigenvalue weighted by Crippen LogP contribution is 2.13. The molecule has 6 nitrogen and oxygen atoms in total. The van der Waals surface area contributed by atoms with E-state index in [4.69, 9.17) is 17.0 Å². The highest BCUT2D eigenvalue weighted by atomic mass is 16.1. The molecule has 6 heteroatoms. The zero-order chi connectivity index (χ0) is 17.2. The molecule has 0 fully saturated rings. The number of carbonyl (C=O) groups excluding carboxylic acids is 1. The molecule has 0 bridgehead atoms. The van der Waals surface area contributed by atoms with Gasteiger partial charge in [0.25, 0.3) is 0 Å². The number of amides is 1. The van der Waals surface area contributed by atoms with Gasteiger partial charge in [-0.15, -0.1) is 5.11 Å². The monoisotopic (exact) mass is 325 g/mol. The lowest BCUT2D eigenvalue weighted by atomic mass is 10.0. The highest BCUT2D eigenvalue weighted by molar-refractivity contribution is 5.79. The van der Waals surface area contributed by atoms with Crippen LogP contribution in [-0.4, -0.2) is 11.7 Å². The van der Waals surface area contributed by atoms with Gasteiger partial charge in [0.2, 0.25) is 5.91 Å². The molecular weight excluding hydrogens is 290 g/mol. The third-order valence-corrected chi connectivity index (χ3v) is 4.02. The second-order valence-corrected chi connectivity index (χ2v) is 6.22. The lowest BCUT2D eigenvalue weighted by Crippen LogP contribution is -2.09. The van der Waals surface area contributed by atoms with E-state index in [-0.39, 0.29) is 11.7 Å². The molecule has 23 heavy (non-hydrogen) atoms. The molecule has 0 aliphatic carbocycles. The molecule has 0 saturated carbocycles. The van der Waals surface area contributed by atoms with Crippen LogP contribution in [-0.2, 0) is 4.79 Å². The molecule has 0 heterocycles. The SMILES string of the molecule is N=C(CCCCCCCCCCCCCCCC(N)=O)N=NN. The first-order valence-electron chi connectivity index (χ1n) is 9.13. The van der Waals surface area contributed by atoms with Crippen LogP contribution >= 0.6 is 0 Å². The third kappa shape index (κ3) is 18.5. The average molecular weight is 326 g/mol. The summed E-state index contributed by atoms with van der Waals surface area (Å²) in [7, 11) is 0. The lowest BCUT2D eigenvalue weighted by Gasteiger charge is -2.03. The lowest BCUT2D eigenvalue weighted by molar-refractivity contribution is -0.118. The number of primary amides is 1. The Morgan fingerprint density at radius 1 is 0.696 bits per heavy atom. The number of rotatable bonds is 16. The van der Waals surface area contributed by atoms with Gasteiger partial charge in [-0.2, -0.15) is 0 Å². The molecule has 0 radical (unpaired) electrons. The van der Waals surface area contributed by atoms with Crippen molar-refractivity contribution in [1.82, 2.24) is 0 Å². The Labute approximate surface area is 141 Å². The van der Waals surface area contributed by atoms with Gasteiger partial charge >= 0.3 is 0 Å². The van der Waals surface area contributed by atoms with Crippen molar-refractivity contribution < 1.29 is 4.79 Å². The molecule has 0 aromatic carbocycles. The van der Waals surface area contributed by atoms with Crippen molar-refractivity contribution in [1.29, 1.82) is 5.41 Å². The quantitative estimate of drug-likeness (QED) is 0.0958. The number of unbranched alkanes of at least 4 members (excludes halogenated alkanes) is 12. The summed E-state index contributed by atoms with van der Waals surface area (Å²) in [5.41, 5.74) is 5.10. The molecular formula is C17H35N5O. The van der Waals surface area contributed by atoms with Gasteiger partial charge in [-0.3, -0.25) is 10.2 Å². The van der Waals surface area contributed by atoms with Crippen LogP contribution in [0.15, 0.2) is 10.3 Å². The average Bonchev–Trinajstić information content (AvgIpc) is 2.51. The summed E-state index contributed by atoms with van der Waals surface area (Å²) in [6.07, 6.45) is 17.1. The van der Waals surface area contributed by atoms with E-state index in [1.54, 1.807) is 0 Å². The van der Waals surface area contributed by atoms with Gasteiger partial charge in [0.1, 0.15) is 5.84 Å². The van der Waals surface area contributed by atoms with Crippen LogP contribution in [0.1, 0.15) is 96.3 Å². The van der Waals surface area contributed by atoms with Crippen LogP contribution in [0.3, 0.4) is 0 Å². The van der Waals surface area contributed by atoms with E-state index in [0.717, 1.165) is 25.7 Å². The Bertz CT molecular complexity index is 331. The minimum absolute atomic E-state index is 0.177. The second kappa shape index (κ2) is 16.9. The second-order valence-electron chi connectivity index (χ2n) is 6.22. The number of hydrogen-bond donors (Lipinski definition) is 3. The molecule has 5 N–H and O–H groups in total. The predicted octanol–water partition coefficient (Wildman–Crippen LogP) is 4.63. The standard InChI is InChI=1S/C17H35N5O/c18-16(21-22-20)14-12-10-8-6-4-2-1-3-5-7-9-11-13-15-17(19)23/h1-15H2,(H2,19,23)(H3,18,20,21). The van der Waals surface area contributed by atoms with E-state index in [9.17, 15) is 4.79 Å². The van der Waals surface area contributed by atoms with Gasteiger partial charge in [0.15, 0.2) is 0 Å². The van der Waals surface area contributed by atoms with Crippen LogP contribution in [0, 0.1) is 5.41 Å². The molecule has 0 aromatic rings. The summed E-state index contributed by atoms with van der Waals surface area (Å²) in [6, 6.07) is 0. The molecule has 0 rings (SSSR count). The van der Waals surface area contributed by atoms with Gasteiger partial charge in [-0.1, -0.05) is 75.9 Å². The Hall–Kier alpha value is -1.46. The number of nitrogens with one attached hydrogen (secondary N) is 1. The summed E-state index contributed by atoms with van der Waals surface area (Å²) < 4.78 is 0. The molecule has 1 amide bonds. The minimum Gasteiger partial charge on any atom is -0.370 e. The molecule has 0 atom stereocenters. The fraction of sp³-hybridized carbons (Fsp3) is 0.882. The predicted molar refractivity (Wildman–Crippen MR) is 95.2 cm³/mol. The first-order valence-corrected chi connectivity index (χ1v) is 9.13. The fourth-order valence-electron chi connectivity index (χ4n) is 2.66. The third-order valence-electron chi connectivity index (χ3n) is 4.02. The Balaban J connectivity index is 3.08. The Kier molecular flexibility index (Phi) is 15.8. The summed E-state index contributed by atoms with van der Waals surface area (Å²) in [6.45, 7) is 0. The molecule has 0 spiro atoms. The first-order chi connectivity index (χ1) is 11.2. The van der Waals surface area contributed by atoms with E-state index in [1.165, 1.54) is 57.8 Å². The molecule has 0 aliphatic heterocycles. The molecule has 134 valence electrons. The number of amidine groups is 1. The topological polar surface area (TPSA) is 118 Å². The largest absolute Gasteiger partial charge is 0.370 e. The first kappa shape index (κ1) is 21.5. The van der Waals surface area contributed by atoms with E-state index < -0.39 is 0 Å². The van der Waals surface area contributed by atoms with E-state index in [1.807, 2.05) is 0 Å². The van der Waals surface area contributed by atoms with Crippen LogP contribution < -0.4 is 11.6 Å². The number of carbonyl (C=O) groups is 1. The van der Waals surface area contributed by atoms with Crippen molar-refractivity contribution in [2.45, 2.75) is 96.3 Å². The Morgan fingerprint density at radius 3 is 1.39 bits per heavy atom. The van der Waals surface area contributed by atoms with Gasteiger partial charge in [0.05, 0.1) is 0 Å². The van der Waals surface area contributed by atoms with E-state index in [0.29, 0.717) is 12.8 Å². The van der Waals surface area contributed by atoms with E-state index in [2.05, 4.69) is 10.3 Å². The van der Waals surface area contributed by atoms with Gasteiger partial charge in [0, 0.05) is 12.8 Å². The van der Waals surface area contributed by atoms with Gasteiger partial charge < -0.3 is 11.6 Å². The number of nitrogens with two attached hydrogens (primary N) is 2. The van der Waals surface area contributed by atoms with Crippen LogP contribution in [0.5, 0.6) is 0 Å². The maximum absolute atomic E-state index is 10.6. The minimum atomic E-state index is -0.177. The van der Waals surface area contributed by atoms with Gasteiger partial charge in [-0.25, -0.2) is 0 Å². The van der Waals surface area contributed by atoms with Crippen molar-refractivity contribution in [3.05, 3.63) is 0 Å². The van der Waals surface area contributed by atoms with Crippen molar-refractivity contribution >= 4 is 11.7 Å². The molecule has 0 unspecified atom stereocenters. The molecule has 0 aromatic heterocycles. The summed E-state index contributed by atoms with van der Waals surface area (Å²) in [4.78, 5) is 10.6. The van der Waals surface area contributed by atoms with Crippen molar-refractivity contribution in [2.75, 3.05) is 0 Å². The number of hydrogen-bond acceptors (Lipinski definition) is 3. The van der Waals surface area contributed by atoms with Crippen LogP contribution in [0.4, 0.5) is 0 Å². The number of nitrogens with zero attached hydrogens (tertiary/aromatic N) is 2. The molecule has 0 saturated heterocycles. The zero-order valence-electron chi connectivity index (χ0n) is 14.6. The van der Waals surface area contributed by atoms with Gasteiger partial charge in [-0.05, 0) is 12.8 Å². The zero-order valence-corrected chi connectivity index (χ0v) is 14.6. The van der Waals surface area contributed by atoms with E-state index >= 15 is 0 Å². The summed E-state index contributed by atoms with van der Waals surface area (Å²) in [5, 5.41) is 14.0. The smallest absolute Gasteiger partial charge is 0.217 e. The van der Waals surface area contributed by atoms with Crippen molar-refractivity contribution in [3.8, 4) is 0 Å². The Morgan fingerprint density at radius 2 is 1.04 bits per heavy atom. The highest BCUT2D eigenvalue weighted by Gasteiger charge is 1.97. The van der Waals surface area contributed by atoms with Crippen LogP contribution in [0.25, 0.3) is 0 Å².